The number of hydrogen-bond donors (Lipinski definition) is 0. The average molecular weight is 342 g/mol. The zero-order chi connectivity index (χ0) is 13.8. The van der Waals surface area contributed by atoms with E-state index in [9.17, 15) is 13.2 Å². The van der Waals surface area contributed by atoms with E-state index >= 15 is 0 Å². The number of ether oxygens (including phenoxy) is 2. The molecule has 1 unspecified atom stereocenters. The summed E-state index contributed by atoms with van der Waals surface area (Å²) < 4.78 is 46.3. The summed E-state index contributed by atoms with van der Waals surface area (Å²) in [6, 6.07) is 3.70. The molecule has 9 heteroatoms. The van der Waals surface area contributed by atoms with Crippen LogP contribution in [0.15, 0.2) is 18.2 Å². The number of fused-ring (bicyclic) bond motifs is 1. The van der Waals surface area contributed by atoms with Crippen LogP contribution in [0.4, 0.5) is 13.2 Å². The van der Waals surface area contributed by atoms with Crippen LogP contribution in [0.2, 0.25) is 0 Å². The van der Waals surface area contributed by atoms with Crippen molar-refractivity contribution in [1.29, 1.82) is 0 Å². The third-order valence-corrected chi connectivity index (χ3v) is 3.00. The first-order valence-electron chi connectivity index (χ1n) is 4.38. The zero-order valence-electron chi connectivity index (χ0n) is 8.19. The summed E-state index contributed by atoms with van der Waals surface area (Å²) in [4.78, 5) is 0. The summed E-state index contributed by atoms with van der Waals surface area (Å²) in [7, 11) is 0. The van der Waals surface area contributed by atoms with Crippen molar-refractivity contribution in [1.82, 2.24) is 0 Å². The maximum absolute atomic E-state index is 13.3. The molecule has 1 aliphatic rings. The van der Waals surface area contributed by atoms with Gasteiger partial charge in [0.2, 0.25) is 3.79 Å². The first kappa shape index (κ1) is 14.2. The van der Waals surface area contributed by atoms with Crippen LogP contribution in [0.5, 0.6) is 11.5 Å². The molecule has 0 saturated heterocycles. The predicted octanol–water partition coefficient (Wildman–Crippen LogP) is 4.74. The standard InChI is InChI=1S/C9H3Cl4F3O2/c10-7(11,12)4-2-1-3-5-6(4)18-9(15,16)8(13,14)17-5/h1-3H. The van der Waals surface area contributed by atoms with Gasteiger partial charge in [-0.2, -0.15) is 13.2 Å². The summed E-state index contributed by atoms with van der Waals surface area (Å²) in [6.45, 7) is 0. The summed E-state index contributed by atoms with van der Waals surface area (Å²) in [6.07, 6.45) is -4.42. The van der Waals surface area contributed by atoms with Crippen molar-refractivity contribution in [3.05, 3.63) is 23.8 Å². The molecule has 0 amide bonds. The fourth-order valence-corrected chi connectivity index (χ4v) is 1.88. The Hall–Kier alpha value is -0.230. The molecule has 0 aromatic heterocycles. The van der Waals surface area contributed by atoms with Crippen molar-refractivity contribution in [2.24, 2.45) is 0 Å². The lowest BCUT2D eigenvalue weighted by atomic mass is 10.2. The van der Waals surface area contributed by atoms with E-state index in [0.29, 0.717) is 0 Å². The Kier molecular flexibility index (Phi) is 3.26. The second-order valence-corrected chi connectivity index (χ2v) is 6.14. The predicted molar refractivity (Wildman–Crippen MR) is 61.6 cm³/mol. The largest absolute Gasteiger partial charge is 0.488 e. The zero-order valence-corrected chi connectivity index (χ0v) is 11.2. The minimum absolute atomic E-state index is 0.211. The van der Waals surface area contributed by atoms with E-state index in [4.69, 9.17) is 46.4 Å². The third kappa shape index (κ3) is 2.29. The van der Waals surface area contributed by atoms with E-state index in [1.165, 1.54) is 12.1 Å². The molecule has 2 rings (SSSR count). The maximum atomic E-state index is 13.3. The van der Waals surface area contributed by atoms with Gasteiger partial charge >= 0.3 is 11.4 Å². The number of halogens is 7. The van der Waals surface area contributed by atoms with Crippen molar-refractivity contribution in [2.45, 2.75) is 15.2 Å². The molecular formula is C9H3Cl4F3O2. The fourth-order valence-electron chi connectivity index (χ4n) is 1.31. The molecule has 0 bridgehead atoms. The summed E-state index contributed by atoms with van der Waals surface area (Å²) >= 11 is 21.6. The van der Waals surface area contributed by atoms with Crippen LogP contribution in [0.3, 0.4) is 0 Å². The number of benzene rings is 1. The minimum Gasteiger partial charge on any atom is -0.434 e. The molecule has 2 nitrogen and oxygen atoms in total. The molecule has 1 aliphatic heterocycles. The van der Waals surface area contributed by atoms with E-state index in [1.807, 2.05) is 0 Å². The van der Waals surface area contributed by atoms with E-state index in [2.05, 4.69) is 9.47 Å². The number of hydrogen-bond acceptors (Lipinski definition) is 2. The van der Waals surface area contributed by atoms with Crippen molar-refractivity contribution >= 4 is 46.4 Å². The second kappa shape index (κ2) is 4.13. The SMILES string of the molecule is FC1(F)Oc2c(cccc2C(Cl)(Cl)Cl)OC1(F)Cl. The first-order valence-corrected chi connectivity index (χ1v) is 5.90. The topological polar surface area (TPSA) is 18.5 Å². The fraction of sp³-hybridized carbons (Fsp3) is 0.333. The van der Waals surface area contributed by atoms with Gasteiger partial charge in [0, 0.05) is 5.56 Å². The number of rotatable bonds is 0. The van der Waals surface area contributed by atoms with Crippen LogP contribution in [-0.4, -0.2) is 11.4 Å². The van der Waals surface area contributed by atoms with Gasteiger partial charge < -0.3 is 9.47 Å². The molecule has 0 aliphatic carbocycles. The molecule has 0 N–H and O–H groups in total. The lowest BCUT2D eigenvalue weighted by Gasteiger charge is -2.34. The van der Waals surface area contributed by atoms with Gasteiger partial charge in [0.15, 0.2) is 11.5 Å². The Morgan fingerprint density at radius 3 is 2.22 bits per heavy atom. The summed E-state index contributed by atoms with van der Waals surface area (Å²) in [5.41, 5.74) is -0.211. The molecule has 1 aromatic carbocycles. The van der Waals surface area contributed by atoms with Gasteiger partial charge in [-0.1, -0.05) is 46.9 Å². The molecular weight excluding hydrogens is 339 g/mol. The molecule has 18 heavy (non-hydrogen) atoms. The van der Waals surface area contributed by atoms with Gasteiger partial charge in [0.05, 0.1) is 0 Å². The quantitative estimate of drug-likeness (QED) is 0.634. The highest BCUT2D eigenvalue weighted by molar-refractivity contribution is 6.66. The third-order valence-electron chi connectivity index (χ3n) is 2.09. The van der Waals surface area contributed by atoms with Crippen LogP contribution in [0.1, 0.15) is 5.56 Å². The molecule has 0 saturated carbocycles. The lowest BCUT2D eigenvalue weighted by Crippen LogP contribution is -2.51. The molecule has 1 aromatic rings. The normalized spacial score (nSPS) is 25.9. The molecule has 1 atom stereocenters. The first-order chi connectivity index (χ1) is 8.05. The molecule has 0 spiro atoms. The Balaban J connectivity index is 2.58. The number of alkyl halides is 7. The minimum atomic E-state index is -4.42. The van der Waals surface area contributed by atoms with Crippen LogP contribution < -0.4 is 9.47 Å². The van der Waals surface area contributed by atoms with Gasteiger partial charge in [-0.3, -0.25) is 0 Å². The lowest BCUT2D eigenvalue weighted by molar-refractivity contribution is -0.303. The van der Waals surface area contributed by atoms with Crippen LogP contribution in [-0.2, 0) is 3.79 Å². The van der Waals surface area contributed by atoms with Gasteiger partial charge in [0.25, 0.3) is 0 Å². The van der Waals surface area contributed by atoms with E-state index < -0.39 is 21.0 Å². The molecule has 1 heterocycles. The van der Waals surface area contributed by atoms with Gasteiger partial charge in [-0.05, 0) is 17.7 Å². The van der Waals surface area contributed by atoms with Gasteiger partial charge in [-0.15, -0.1) is 0 Å². The molecule has 0 radical (unpaired) electrons. The smallest absolute Gasteiger partial charge is 0.434 e. The summed E-state index contributed by atoms with van der Waals surface area (Å²) in [5.74, 6) is -0.960. The maximum Gasteiger partial charge on any atom is 0.488 e. The Morgan fingerprint density at radius 2 is 1.67 bits per heavy atom. The van der Waals surface area contributed by atoms with Crippen LogP contribution >= 0.6 is 46.4 Å². The monoisotopic (exact) mass is 340 g/mol. The van der Waals surface area contributed by atoms with Gasteiger partial charge in [0.1, 0.15) is 0 Å². The Bertz CT molecular complexity index is 487. The second-order valence-electron chi connectivity index (χ2n) is 3.37. The van der Waals surface area contributed by atoms with Crippen LogP contribution in [0.25, 0.3) is 0 Å². The Morgan fingerprint density at radius 1 is 1.06 bits per heavy atom. The highest BCUT2D eigenvalue weighted by atomic mass is 35.6. The Labute approximate surface area is 119 Å². The molecule has 100 valence electrons. The summed E-state index contributed by atoms with van der Waals surface area (Å²) in [5, 5.41) is -3.83. The average Bonchev–Trinajstić information content (AvgIpc) is 2.16. The van der Waals surface area contributed by atoms with Gasteiger partial charge in [-0.25, -0.2) is 0 Å². The molecule has 0 fully saturated rings. The van der Waals surface area contributed by atoms with Crippen molar-refractivity contribution in [3.63, 3.8) is 0 Å². The number of para-hydroxylation sites is 1. The van der Waals surface area contributed by atoms with Crippen molar-refractivity contribution < 1.29 is 22.6 Å². The van der Waals surface area contributed by atoms with Crippen molar-refractivity contribution in [2.75, 3.05) is 0 Å². The van der Waals surface area contributed by atoms with Crippen molar-refractivity contribution in [3.8, 4) is 11.5 Å². The highest BCUT2D eigenvalue weighted by Crippen LogP contribution is 2.53. The van der Waals surface area contributed by atoms with E-state index in [0.717, 1.165) is 6.07 Å². The van der Waals surface area contributed by atoms with E-state index in [1.54, 1.807) is 0 Å². The highest BCUT2D eigenvalue weighted by Gasteiger charge is 2.64. The van der Waals surface area contributed by atoms with E-state index in [-0.39, 0.29) is 11.3 Å². The van der Waals surface area contributed by atoms with Crippen LogP contribution in [0, 0.1) is 0 Å².